The lowest BCUT2D eigenvalue weighted by Crippen LogP contribution is -2.78. The predicted octanol–water partition coefficient (Wildman–Crippen LogP) is 19.1. The van der Waals surface area contributed by atoms with Gasteiger partial charge in [0.15, 0.2) is 29.2 Å². The molecule has 10 aliphatic rings. The van der Waals surface area contributed by atoms with Crippen LogP contribution in [0.15, 0.2) is 193 Å². The maximum atomic E-state index is 14.0. The molecule has 4 bridgehead atoms. The summed E-state index contributed by atoms with van der Waals surface area (Å²) in [6.45, 7) is 29.5. The van der Waals surface area contributed by atoms with Crippen molar-refractivity contribution in [2.75, 3.05) is 26.4 Å². The second-order valence-electron chi connectivity index (χ2n) is 40.9. The molecule has 2 spiro atoms. The van der Waals surface area contributed by atoms with Crippen molar-refractivity contribution in [3.8, 4) is 5.75 Å². The Morgan fingerprint density at radius 3 is 1.30 bits per heavy atom. The van der Waals surface area contributed by atoms with Gasteiger partial charge in [-0.3, -0.25) is 34.1 Å². The average molecular weight is 1920 g/mol. The number of aliphatic hydroxyl groups is 7. The Hall–Kier alpha value is -9.42. The third-order valence-corrected chi connectivity index (χ3v) is 31.1. The number of nitro groups is 1. The normalized spacial score (nSPS) is 32.1. The topological polar surface area (TPSA) is 404 Å². The predicted molar refractivity (Wildman–Crippen MR) is 524 cm³/mol. The van der Waals surface area contributed by atoms with E-state index in [0.29, 0.717) is 31.3 Å². The molecular formula is C111H155NO26. The summed E-state index contributed by atoms with van der Waals surface area (Å²) in [7, 11) is 0. The van der Waals surface area contributed by atoms with Crippen LogP contribution in [0.3, 0.4) is 0 Å². The standard InChI is InChI=1S/C52H74O12.C30H44O9.C29H37NO5/c1-9-10-11-12-13-14-15-16-17-18-19-20-21-22-23-24-25-26-27-28-29-60-48(57)64-45-39(53)30-36(6)38-31-40-50-33-61-52(59,47(50)49(38,45)8)44(55)37(7)42(50)43(46(56)62-40)63-41(54)32-51(58,34(2)3)35(4)5;1-13(2)29(36,14(3)4)11-17(31)9-18-22-16(6)23(33)30(37)26-27(7)19(15(5)8-20(32)24(27)34)10-21(39-25(18)35)28(22,26)12-38-30;1-2-3-4-5-6-7-8-9-10-11-12-13-14-15-16-17-18-19-20-21-26-34-29(31)35-28-24-22-27(23-25-28)30(32)33/h10-11,13-14,16-17,19-20,22-23,25-26,30,34-35,37-38,40,42-45,47,55,58-59H,9,12,15,18,21,24,27-29,31-33H2,1-8H3;8,13-14,16,18-19,21-24,26,33-34,36-37H,9-12H2,1-7H3;3-4,6-7,9-10,12-13,15-16,18-19,22-25H,2,5,8,11,14,17,20-21,26H2,1H3/b11-10-,14-13-,17-16-,20-19-,23-22-,26-25-;;4-3-,7-6-,10-9-,13-12-,16-15-,19-18-/t37-,38+,40-,42?,43?,44-,45-,47?,49-,50+,52-;16-,18?,19+,21-,22?,23-,24-,26?,27-,28+,30-;/m11./s1. The van der Waals surface area contributed by atoms with Crippen molar-refractivity contribution in [3.63, 3.8) is 0 Å². The molecule has 4 heterocycles. The van der Waals surface area contributed by atoms with Crippen LogP contribution in [0.5, 0.6) is 5.75 Å². The minimum Gasteiger partial charge on any atom is -0.461 e. The van der Waals surface area contributed by atoms with E-state index in [0.717, 1.165) is 89.0 Å². The maximum absolute atomic E-state index is 14.0. The van der Waals surface area contributed by atoms with Crippen LogP contribution in [0.25, 0.3) is 0 Å². The molecule has 6 aliphatic carbocycles. The number of allylic oxidation sites excluding steroid dienone is 26. The molecular weight excluding hydrogens is 1760 g/mol. The molecule has 4 saturated heterocycles. The Morgan fingerprint density at radius 1 is 0.507 bits per heavy atom. The molecule has 1 aromatic carbocycles. The monoisotopic (exact) mass is 1920 g/mol. The first-order valence-electron chi connectivity index (χ1n) is 50.0. The van der Waals surface area contributed by atoms with Gasteiger partial charge in [-0.15, -0.1) is 0 Å². The molecule has 7 N–H and O–H groups in total. The number of hydrogen-bond acceptors (Lipinski definition) is 26. The fourth-order valence-electron chi connectivity index (χ4n) is 24.0. The van der Waals surface area contributed by atoms with Crippen molar-refractivity contribution in [3.05, 3.63) is 204 Å². The Kier molecular flexibility index (Phi) is 40.9. The van der Waals surface area contributed by atoms with Gasteiger partial charge in [-0.05, 0) is 207 Å². The Bertz CT molecular complexity index is 4760. The SMILES string of the molecule is CC/C=C\C/C=C\C/C=C\C/C=C\C/C=C\C/C=C\CCCOC(=O)O[C@@H]1C(=O)C=C(C)[C@@H]2C[C@H]3OC(=O)C(OC(=O)CC(O)(C(C)C)C(C)C)C4[C@@H](C)[C@@H](O)[C@@]5(O)OC[C@@]43C5[C@@]12C.CC/C=C\C/C=C\C/C=C\C/C=C\C/C=C\C/C=C\CCCOC(=O)Oc1ccc([N+](=O)[O-])cc1.CC1=CC(=O)[C@@H](O)[C@]2(C)C3[C@]45CO[C@]3(O)[C@H](O)[C@H](C)C4C(CC(=O)CC(O)(C(C)C)C(C)C)C(=O)O[C@@H]5C[C@@H]12. The first kappa shape index (κ1) is 112. The van der Waals surface area contributed by atoms with Crippen molar-refractivity contribution < 1.29 is 122 Å². The number of esters is 3. The van der Waals surface area contributed by atoms with Crippen molar-refractivity contribution >= 4 is 53.3 Å². The molecule has 27 nitrogen and oxygen atoms in total. The van der Waals surface area contributed by atoms with Crippen LogP contribution in [0.1, 0.15) is 246 Å². The number of rotatable bonds is 44. The van der Waals surface area contributed by atoms with Crippen molar-refractivity contribution in [1.29, 1.82) is 0 Å². The molecule has 27 heteroatoms. The molecule has 760 valence electrons. The summed E-state index contributed by atoms with van der Waals surface area (Å²) in [6, 6.07) is 5.25. The molecule has 4 aliphatic heterocycles. The number of fused-ring (bicyclic) bond motifs is 2. The van der Waals surface area contributed by atoms with Crippen LogP contribution < -0.4 is 4.74 Å². The summed E-state index contributed by atoms with van der Waals surface area (Å²) in [5.41, 5.74) is -6.19. The van der Waals surface area contributed by atoms with Crippen molar-refractivity contribution in [1.82, 2.24) is 0 Å². The number of non-ortho nitro benzene ring substituents is 1. The highest BCUT2D eigenvalue weighted by molar-refractivity contribution is 5.98. The van der Waals surface area contributed by atoms with E-state index >= 15 is 0 Å². The number of nitro benzene ring substituents is 1. The van der Waals surface area contributed by atoms with Gasteiger partial charge in [0.25, 0.3) is 5.69 Å². The molecule has 138 heavy (non-hydrogen) atoms. The highest BCUT2D eigenvalue weighted by Crippen LogP contribution is 2.77. The minimum atomic E-state index is -2.24. The summed E-state index contributed by atoms with van der Waals surface area (Å²) in [6.07, 6.45) is 57.6. The molecule has 4 saturated carbocycles. The Morgan fingerprint density at radius 2 is 0.877 bits per heavy atom. The first-order valence-corrected chi connectivity index (χ1v) is 50.0. The van der Waals surface area contributed by atoms with E-state index in [9.17, 15) is 84.2 Å². The van der Waals surface area contributed by atoms with E-state index < -0.39 is 181 Å². The lowest BCUT2D eigenvalue weighted by molar-refractivity contribution is -0.384. The van der Waals surface area contributed by atoms with Gasteiger partial charge in [0.2, 0.25) is 6.10 Å². The van der Waals surface area contributed by atoms with E-state index in [2.05, 4.69) is 154 Å². The van der Waals surface area contributed by atoms with E-state index in [1.165, 1.54) is 36.4 Å². The number of hydrogen-bond donors (Lipinski definition) is 7. The lowest BCUT2D eigenvalue weighted by Gasteiger charge is -2.68. The molecule has 0 amide bonds. The molecule has 22 atom stereocenters. The average Bonchev–Trinajstić information content (AvgIpc) is 1.44. The Balaban J connectivity index is 0.000000247. The summed E-state index contributed by atoms with van der Waals surface area (Å²) >= 11 is 0. The second-order valence-corrected chi connectivity index (χ2v) is 40.9. The molecule has 0 aromatic heterocycles. The van der Waals surface area contributed by atoms with Gasteiger partial charge in [0.1, 0.15) is 42.1 Å². The fourth-order valence-corrected chi connectivity index (χ4v) is 24.0. The Labute approximate surface area is 816 Å². The molecule has 0 radical (unpaired) electrons. The second kappa shape index (κ2) is 50.3. The first-order chi connectivity index (χ1) is 65.5. The van der Waals surface area contributed by atoms with Crippen molar-refractivity contribution in [2.24, 2.45) is 98.6 Å². The number of carbonyl (C=O) groups is 8. The molecule has 8 fully saturated rings. The quantitative estimate of drug-likeness (QED) is 0.00607. The van der Waals surface area contributed by atoms with Crippen LogP contribution in [-0.2, 0) is 66.7 Å². The molecule has 1 aromatic rings. The molecule has 11 rings (SSSR count). The van der Waals surface area contributed by atoms with Gasteiger partial charge in [-0.1, -0.05) is 254 Å². The number of aliphatic hydroxyl groups excluding tert-OH is 3. The van der Waals surface area contributed by atoms with Crippen LogP contribution in [0, 0.1) is 109 Å². The van der Waals surface area contributed by atoms with E-state index in [1.54, 1.807) is 69.2 Å². The zero-order valence-corrected chi connectivity index (χ0v) is 83.9. The van der Waals surface area contributed by atoms with Crippen LogP contribution in [0.2, 0.25) is 0 Å². The molecule has 6 unspecified atom stereocenters. The highest BCUT2D eigenvalue weighted by atomic mass is 16.7. The number of benzene rings is 1. The van der Waals surface area contributed by atoms with Crippen molar-refractivity contribution in [2.45, 2.75) is 311 Å². The smallest absolute Gasteiger partial charge is 0.461 e. The van der Waals surface area contributed by atoms with Crippen LogP contribution in [-0.4, -0.2) is 180 Å². The van der Waals surface area contributed by atoms with Crippen LogP contribution >= 0.6 is 0 Å². The number of Topliss-reactive ketones (excluding diaryl/α,β-unsaturated/α-hetero) is 1. The van der Waals surface area contributed by atoms with E-state index in [1.807, 2.05) is 33.8 Å². The fraction of sp³-hybridized carbons (Fsp3) is 0.622. The summed E-state index contributed by atoms with van der Waals surface area (Å²) in [4.78, 5) is 117. The van der Waals surface area contributed by atoms with Gasteiger partial charge >= 0.3 is 30.2 Å². The van der Waals surface area contributed by atoms with Gasteiger partial charge in [0.05, 0.1) is 54.9 Å². The number of ether oxygens (including phenoxy) is 9. The third-order valence-electron chi connectivity index (χ3n) is 31.1. The van der Waals surface area contributed by atoms with E-state index in [-0.39, 0.29) is 98.9 Å². The number of ketones is 3. The largest absolute Gasteiger partial charge is 0.513 e. The minimum absolute atomic E-state index is 0.0310. The van der Waals surface area contributed by atoms with E-state index in [4.69, 9.17) is 42.6 Å². The highest BCUT2D eigenvalue weighted by Gasteiger charge is 2.86. The summed E-state index contributed by atoms with van der Waals surface area (Å²) in [5.74, 6) is -15.4. The lowest BCUT2D eigenvalue weighted by atomic mass is 9.37. The van der Waals surface area contributed by atoms with Gasteiger partial charge < -0.3 is 78.4 Å². The number of nitrogens with zero attached hydrogens (tertiary/aromatic N) is 1. The zero-order valence-electron chi connectivity index (χ0n) is 83.9. The maximum Gasteiger partial charge on any atom is 0.513 e. The van der Waals surface area contributed by atoms with Gasteiger partial charge in [0, 0.05) is 64.4 Å². The number of carbonyl (C=O) groups excluding carboxylic acids is 8. The van der Waals surface area contributed by atoms with Crippen LogP contribution in [0.4, 0.5) is 15.3 Å². The third kappa shape index (κ3) is 25.0. The summed E-state index contributed by atoms with van der Waals surface area (Å²) in [5, 5.41) is 92.5. The van der Waals surface area contributed by atoms with Gasteiger partial charge in [-0.2, -0.15) is 0 Å². The number of unbranched alkanes of at least 4 members (excludes halogenated alkanes) is 2. The van der Waals surface area contributed by atoms with Gasteiger partial charge in [-0.25, -0.2) is 14.4 Å². The zero-order chi connectivity index (χ0) is 101. The summed E-state index contributed by atoms with van der Waals surface area (Å²) < 4.78 is 51.8.